The molecule has 0 radical (unpaired) electrons. The van der Waals surface area contributed by atoms with Crippen molar-refractivity contribution in [1.82, 2.24) is 10.2 Å². The number of ether oxygens (including phenoxy) is 1. The number of halogens is 1. The average Bonchev–Trinajstić information content (AvgIpc) is 2.68. The molecule has 27 heavy (non-hydrogen) atoms. The van der Waals surface area contributed by atoms with Gasteiger partial charge in [0.05, 0.1) is 0 Å². The molecule has 1 amide bonds. The van der Waals surface area contributed by atoms with E-state index in [1.165, 1.54) is 42.7 Å². The van der Waals surface area contributed by atoms with Gasteiger partial charge in [0.15, 0.2) is 6.61 Å². The van der Waals surface area contributed by atoms with E-state index in [-0.39, 0.29) is 18.3 Å². The van der Waals surface area contributed by atoms with Crippen molar-refractivity contribution < 1.29 is 13.9 Å². The zero-order valence-electron chi connectivity index (χ0n) is 15.8. The Balaban J connectivity index is 1.48. The first-order valence-electron chi connectivity index (χ1n) is 9.54. The van der Waals surface area contributed by atoms with Crippen LogP contribution in [0.25, 0.3) is 0 Å². The van der Waals surface area contributed by atoms with Gasteiger partial charge >= 0.3 is 0 Å². The van der Waals surface area contributed by atoms with Crippen LogP contribution in [-0.2, 0) is 17.9 Å². The number of carbonyl (C=O) groups is 1. The predicted octanol–water partition coefficient (Wildman–Crippen LogP) is 3.75. The van der Waals surface area contributed by atoms with Crippen LogP contribution in [0, 0.1) is 11.7 Å². The Labute approximate surface area is 160 Å². The lowest BCUT2D eigenvalue weighted by Gasteiger charge is -2.30. The molecule has 2 aromatic carbocycles. The van der Waals surface area contributed by atoms with E-state index in [4.69, 9.17) is 4.74 Å². The Morgan fingerprint density at radius 2 is 1.78 bits per heavy atom. The van der Waals surface area contributed by atoms with E-state index in [1.807, 2.05) is 12.1 Å². The summed E-state index contributed by atoms with van der Waals surface area (Å²) in [6.45, 7) is 5.89. The van der Waals surface area contributed by atoms with Crippen molar-refractivity contribution in [2.24, 2.45) is 5.92 Å². The maximum absolute atomic E-state index is 12.9. The fourth-order valence-corrected chi connectivity index (χ4v) is 3.27. The highest BCUT2D eigenvalue weighted by atomic mass is 19.1. The second-order valence-electron chi connectivity index (χ2n) is 7.25. The predicted molar refractivity (Wildman–Crippen MR) is 104 cm³/mol. The summed E-state index contributed by atoms with van der Waals surface area (Å²) in [5, 5.41) is 2.91. The molecule has 1 aliphatic rings. The van der Waals surface area contributed by atoms with Crippen molar-refractivity contribution >= 4 is 5.91 Å². The Morgan fingerprint density at radius 1 is 1.11 bits per heavy atom. The highest BCUT2D eigenvalue weighted by Crippen LogP contribution is 2.19. The number of carbonyl (C=O) groups excluding carboxylic acids is 1. The molecule has 0 unspecified atom stereocenters. The third kappa shape index (κ3) is 6.07. The van der Waals surface area contributed by atoms with Crippen LogP contribution in [0.4, 0.5) is 4.39 Å². The summed E-state index contributed by atoms with van der Waals surface area (Å²) in [7, 11) is 0. The molecule has 0 aliphatic carbocycles. The molecule has 3 rings (SSSR count). The lowest BCUT2D eigenvalue weighted by Crippen LogP contribution is -2.33. The fraction of sp³-hybridized carbons (Fsp3) is 0.409. The van der Waals surface area contributed by atoms with Crippen LogP contribution in [0.5, 0.6) is 5.75 Å². The molecule has 2 aromatic rings. The maximum Gasteiger partial charge on any atom is 0.258 e. The van der Waals surface area contributed by atoms with Crippen LogP contribution in [0.3, 0.4) is 0 Å². The summed E-state index contributed by atoms with van der Waals surface area (Å²) in [5.74, 6) is 0.774. The number of amides is 1. The van der Waals surface area contributed by atoms with E-state index in [2.05, 4.69) is 29.3 Å². The fourth-order valence-electron chi connectivity index (χ4n) is 3.27. The molecule has 0 saturated carbocycles. The third-order valence-electron chi connectivity index (χ3n) is 5.05. The standard InChI is InChI=1S/C22H27FN2O2/c1-17-10-12-25(13-11-17)15-19-5-3-2-4-18(19)14-24-22(26)16-27-21-8-6-20(23)7-9-21/h2-9,17H,10-16H2,1H3,(H,24,26). The minimum Gasteiger partial charge on any atom is -0.484 e. The van der Waals surface area contributed by atoms with Gasteiger partial charge in [-0.15, -0.1) is 0 Å². The van der Waals surface area contributed by atoms with Gasteiger partial charge in [0.25, 0.3) is 5.91 Å². The first-order chi connectivity index (χ1) is 13.1. The second-order valence-corrected chi connectivity index (χ2v) is 7.25. The van der Waals surface area contributed by atoms with E-state index < -0.39 is 0 Å². The molecule has 144 valence electrons. The third-order valence-corrected chi connectivity index (χ3v) is 5.05. The summed E-state index contributed by atoms with van der Waals surface area (Å²) in [6, 6.07) is 13.9. The maximum atomic E-state index is 12.9. The Morgan fingerprint density at radius 3 is 2.48 bits per heavy atom. The lowest BCUT2D eigenvalue weighted by atomic mass is 9.98. The van der Waals surface area contributed by atoms with Gasteiger partial charge in [0.2, 0.25) is 0 Å². The molecule has 1 aliphatic heterocycles. The average molecular weight is 370 g/mol. The van der Waals surface area contributed by atoms with E-state index in [9.17, 15) is 9.18 Å². The van der Waals surface area contributed by atoms with Gasteiger partial charge in [-0.2, -0.15) is 0 Å². The smallest absolute Gasteiger partial charge is 0.258 e. The Bertz CT molecular complexity index is 740. The van der Waals surface area contributed by atoms with E-state index in [1.54, 1.807) is 0 Å². The molecule has 4 nitrogen and oxygen atoms in total. The van der Waals surface area contributed by atoms with Crippen LogP contribution < -0.4 is 10.1 Å². The van der Waals surface area contributed by atoms with Crippen molar-refractivity contribution in [2.75, 3.05) is 19.7 Å². The van der Waals surface area contributed by atoms with Gasteiger partial charge in [-0.1, -0.05) is 31.2 Å². The first kappa shape index (κ1) is 19.4. The van der Waals surface area contributed by atoms with Crippen molar-refractivity contribution in [3.63, 3.8) is 0 Å². The molecule has 1 fully saturated rings. The van der Waals surface area contributed by atoms with Crippen LogP contribution >= 0.6 is 0 Å². The molecule has 0 atom stereocenters. The summed E-state index contributed by atoms with van der Waals surface area (Å²) < 4.78 is 18.3. The van der Waals surface area contributed by atoms with Crippen molar-refractivity contribution in [3.05, 3.63) is 65.5 Å². The van der Waals surface area contributed by atoms with Crippen LogP contribution in [0.1, 0.15) is 30.9 Å². The minimum atomic E-state index is -0.327. The molecular weight excluding hydrogens is 343 g/mol. The van der Waals surface area contributed by atoms with Crippen molar-refractivity contribution in [2.45, 2.75) is 32.9 Å². The van der Waals surface area contributed by atoms with Crippen molar-refractivity contribution in [3.8, 4) is 5.75 Å². The van der Waals surface area contributed by atoms with E-state index in [0.29, 0.717) is 12.3 Å². The van der Waals surface area contributed by atoms with Gasteiger partial charge in [-0.05, 0) is 67.2 Å². The SMILES string of the molecule is CC1CCN(Cc2ccccc2CNC(=O)COc2ccc(F)cc2)CC1. The number of hydrogen-bond acceptors (Lipinski definition) is 3. The van der Waals surface area contributed by atoms with Crippen LogP contribution in [-0.4, -0.2) is 30.5 Å². The van der Waals surface area contributed by atoms with Crippen LogP contribution in [0.2, 0.25) is 0 Å². The quantitative estimate of drug-likeness (QED) is 0.807. The summed E-state index contributed by atoms with van der Waals surface area (Å²) in [6.07, 6.45) is 2.50. The minimum absolute atomic E-state index is 0.0855. The van der Waals surface area contributed by atoms with Crippen LogP contribution in [0.15, 0.2) is 48.5 Å². The molecular formula is C22H27FN2O2. The largest absolute Gasteiger partial charge is 0.484 e. The van der Waals surface area contributed by atoms with Gasteiger partial charge < -0.3 is 10.1 Å². The Hall–Kier alpha value is -2.40. The zero-order chi connectivity index (χ0) is 19.1. The summed E-state index contributed by atoms with van der Waals surface area (Å²) in [4.78, 5) is 14.6. The number of likely N-dealkylation sites (tertiary alicyclic amines) is 1. The van der Waals surface area contributed by atoms with Gasteiger partial charge in [-0.3, -0.25) is 9.69 Å². The van der Waals surface area contributed by atoms with E-state index in [0.717, 1.165) is 31.1 Å². The number of rotatable bonds is 7. The molecule has 0 aromatic heterocycles. The van der Waals surface area contributed by atoms with Gasteiger partial charge in [-0.25, -0.2) is 4.39 Å². The number of benzene rings is 2. The molecule has 5 heteroatoms. The zero-order valence-corrected chi connectivity index (χ0v) is 15.8. The first-order valence-corrected chi connectivity index (χ1v) is 9.54. The number of nitrogens with one attached hydrogen (secondary N) is 1. The monoisotopic (exact) mass is 370 g/mol. The number of hydrogen-bond donors (Lipinski definition) is 1. The molecule has 0 spiro atoms. The van der Waals surface area contributed by atoms with Crippen molar-refractivity contribution in [1.29, 1.82) is 0 Å². The Kier molecular flexibility index (Phi) is 6.82. The van der Waals surface area contributed by atoms with Gasteiger partial charge in [0, 0.05) is 13.1 Å². The molecule has 0 bridgehead atoms. The number of piperidine rings is 1. The van der Waals surface area contributed by atoms with Gasteiger partial charge in [0.1, 0.15) is 11.6 Å². The van der Waals surface area contributed by atoms with E-state index >= 15 is 0 Å². The molecule has 1 saturated heterocycles. The highest BCUT2D eigenvalue weighted by Gasteiger charge is 2.16. The highest BCUT2D eigenvalue weighted by molar-refractivity contribution is 5.77. The second kappa shape index (κ2) is 9.51. The topological polar surface area (TPSA) is 41.6 Å². The summed E-state index contributed by atoms with van der Waals surface area (Å²) >= 11 is 0. The normalized spacial score (nSPS) is 15.5. The lowest BCUT2D eigenvalue weighted by molar-refractivity contribution is -0.123. The molecule has 1 heterocycles. The number of nitrogens with zero attached hydrogens (tertiary/aromatic N) is 1. The molecule has 1 N–H and O–H groups in total. The summed E-state index contributed by atoms with van der Waals surface area (Å²) in [5.41, 5.74) is 2.39.